The van der Waals surface area contributed by atoms with Gasteiger partial charge in [-0.1, -0.05) is 17.7 Å². The molecule has 0 heterocycles. The minimum Gasteiger partial charge on any atom is -0.478 e. The van der Waals surface area contributed by atoms with Gasteiger partial charge in [0, 0.05) is 5.02 Å². The Labute approximate surface area is 145 Å². The van der Waals surface area contributed by atoms with Crippen molar-refractivity contribution >= 4 is 33.3 Å². The smallest absolute Gasteiger partial charge is 0.338 e. The Kier molecular flexibility index (Phi) is 4.51. The number of fused-ring (bicyclic) bond motifs is 1. The molecule has 0 radical (unpaired) electrons. The summed E-state index contributed by atoms with van der Waals surface area (Å²) in [4.78, 5) is 11.7. The standard InChI is InChI=1S/C17H16ClNO4S/c18-12-6-8-13(9-7-12)24(22,23)19-15-10-5-11-3-1-2-4-14(11)16(15)17(20)21/h5-10,19H,1-4H2,(H,20,21). The Morgan fingerprint density at radius 2 is 1.71 bits per heavy atom. The van der Waals surface area contributed by atoms with Crippen molar-refractivity contribution in [2.24, 2.45) is 0 Å². The lowest BCUT2D eigenvalue weighted by Crippen LogP contribution is -2.18. The number of hydrogen-bond acceptors (Lipinski definition) is 3. The van der Waals surface area contributed by atoms with Crippen LogP contribution in [0.1, 0.15) is 34.3 Å². The van der Waals surface area contributed by atoms with Crippen molar-refractivity contribution in [3.63, 3.8) is 0 Å². The number of carbonyl (C=O) groups is 1. The normalized spacial score (nSPS) is 14.0. The SMILES string of the molecule is O=C(O)c1c(NS(=O)(=O)c2ccc(Cl)cc2)ccc2c1CCCC2. The summed E-state index contributed by atoms with van der Waals surface area (Å²) in [5, 5.41) is 10.00. The number of benzene rings is 2. The average molecular weight is 366 g/mol. The number of nitrogens with one attached hydrogen (secondary N) is 1. The van der Waals surface area contributed by atoms with Crippen molar-refractivity contribution in [2.45, 2.75) is 30.6 Å². The molecule has 7 heteroatoms. The number of sulfonamides is 1. The maximum absolute atomic E-state index is 12.5. The van der Waals surface area contributed by atoms with Gasteiger partial charge in [-0.15, -0.1) is 0 Å². The highest BCUT2D eigenvalue weighted by atomic mass is 35.5. The van der Waals surface area contributed by atoms with Crippen molar-refractivity contribution in [3.05, 3.63) is 58.1 Å². The van der Waals surface area contributed by atoms with E-state index >= 15 is 0 Å². The minimum atomic E-state index is -3.88. The molecule has 1 aliphatic carbocycles. The highest BCUT2D eigenvalue weighted by Crippen LogP contribution is 2.31. The van der Waals surface area contributed by atoms with Gasteiger partial charge in [0.15, 0.2) is 0 Å². The van der Waals surface area contributed by atoms with Gasteiger partial charge in [0.2, 0.25) is 0 Å². The third kappa shape index (κ3) is 3.25. The summed E-state index contributed by atoms with van der Waals surface area (Å²) in [6.45, 7) is 0. The van der Waals surface area contributed by atoms with E-state index in [-0.39, 0.29) is 16.1 Å². The van der Waals surface area contributed by atoms with Gasteiger partial charge in [0.25, 0.3) is 10.0 Å². The molecule has 0 aliphatic heterocycles. The van der Waals surface area contributed by atoms with Gasteiger partial charge in [-0.2, -0.15) is 0 Å². The molecular formula is C17H16ClNO4S. The largest absolute Gasteiger partial charge is 0.478 e. The topological polar surface area (TPSA) is 83.5 Å². The molecular weight excluding hydrogens is 350 g/mol. The number of halogens is 1. The Bertz CT molecular complexity index is 892. The zero-order valence-electron chi connectivity index (χ0n) is 12.8. The molecule has 3 rings (SSSR count). The van der Waals surface area contributed by atoms with E-state index in [1.165, 1.54) is 30.3 Å². The molecule has 0 unspecified atom stereocenters. The zero-order valence-corrected chi connectivity index (χ0v) is 14.3. The first kappa shape index (κ1) is 16.8. The van der Waals surface area contributed by atoms with Crippen molar-refractivity contribution in [3.8, 4) is 0 Å². The summed E-state index contributed by atoms with van der Waals surface area (Å²) >= 11 is 5.78. The lowest BCUT2D eigenvalue weighted by molar-refractivity contribution is 0.0696. The Hall–Kier alpha value is -2.05. The first-order valence-electron chi connectivity index (χ1n) is 7.55. The lowest BCUT2D eigenvalue weighted by atomic mass is 9.87. The average Bonchev–Trinajstić information content (AvgIpc) is 2.54. The van der Waals surface area contributed by atoms with Crippen LogP contribution in [0.4, 0.5) is 5.69 Å². The molecule has 126 valence electrons. The number of aryl methyl sites for hydroxylation is 1. The maximum atomic E-state index is 12.5. The van der Waals surface area contributed by atoms with Crippen molar-refractivity contribution in [1.29, 1.82) is 0 Å². The highest BCUT2D eigenvalue weighted by Gasteiger charge is 2.24. The molecule has 0 atom stereocenters. The van der Waals surface area contributed by atoms with Gasteiger partial charge in [-0.05, 0) is 67.1 Å². The molecule has 0 spiro atoms. The van der Waals surface area contributed by atoms with E-state index in [9.17, 15) is 18.3 Å². The third-order valence-electron chi connectivity index (χ3n) is 4.11. The van der Waals surface area contributed by atoms with Gasteiger partial charge in [0.1, 0.15) is 0 Å². The van der Waals surface area contributed by atoms with E-state index in [1.54, 1.807) is 6.07 Å². The van der Waals surface area contributed by atoms with Crippen LogP contribution in [0, 0.1) is 0 Å². The number of anilines is 1. The quantitative estimate of drug-likeness (QED) is 0.864. The van der Waals surface area contributed by atoms with E-state index in [0.717, 1.165) is 30.4 Å². The summed E-state index contributed by atoms with van der Waals surface area (Å²) < 4.78 is 27.4. The molecule has 1 aliphatic rings. The van der Waals surface area contributed by atoms with Gasteiger partial charge in [-0.3, -0.25) is 4.72 Å². The Morgan fingerprint density at radius 1 is 1.04 bits per heavy atom. The fourth-order valence-electron chi connectivity index (χ4n) is 2.97. The van der Waals surface area contributed by atoms with E-state index in [1.807, 2.05) is 0 Å². The number of aromatic carboxylic acids is 1. The third-order valence-corrected chi connectivity index (χ3v) is 5.75. The monoisotopic (exact) mass is 365 g/mol. The second-order valence-corrected chi connectivity index (χ2v) is 7.82. The second-order valence-electron chi connectivity index (χ2n) is 5.70. The second kappa shape index (κ2) is 6.45. The molecule has 24 heavy (non-hydrogen) atoms. The van der Waals surface area contributed by atoms with Crippen LogP contribution >= 0.6 is 11.6 Å². The van der Waals surface area contributed by atoms with Crippen LogP contribution in [0.5, 0.6) is 0 Å². The summed E-state index contributed by atoms with van der Waals surface area (Å²) in [5.41, 5.74) is 1.85. The minimum absolute atomic E-state index is 0.0287. The number of carboxylic acid groups (broad SMARTS) is 1. The summed E-state index contributed by atoms with van der Waals surface area (Å²) in [6.07, 6.45) is 3.38. The molecule has 2 aromatic carbocycles. The van der Waals surface area contributed by atoms with Crippen LogP contribution in [-0.2, 0) is 22.9 Å². The maximum Gasteiger partial charge on any atom is 0.338 e. The van der Waals surface area contributed by atoms with Gasteiger partial charge < -0.3 is 5.11 Å². The summed E-state index contributed by atoms with van der Waals surface area (Å²) in [7, 11) is -3.88. The molecule has 0 saturated heterocycles. The Balaban J connectivity index is 2.03. The molecule has 0 bridgehead atoms. The molecule has 5 nitrogen and oxygen atoms in total. The van der Waals surface area contributed by atoms with E-state index in [0.29, 0.717) is 11.4 Å². The van der Waals surface area contributed by atoms with Crippen LogP contribution in [0.3, 0.4) is 0 Å². The number of rotatable bonds is 4. The van der Waals surface area contributed by atoms with Crippen molar-refractivity contribution in [1.82, 2.24) is 0 Å². The molecule has 0 fully saturated rings. The molecule has 0 amide bonds. The number of hydrogen-bond donors (Lipinski definition) is 2. The first-order valence-corrected chi connectivity index (χ1v) is 9.41. The summed E-state index contributed by atoms with van der Waals surface area (Å²) in [5.74, 6) is -1.12. The predicted octanol–water partition coefficient (Wildman–Crippen LogP) is 3.72. The fourth-order valence-corrected chi connectivity index (χ4v) is 4.17. The molecule has 0 saturated carbocycles. The molecule has 2 aromatic rings. The lowest BCUT2D eigenvalue weighted by Gasteiger charge is -2.20. The van der Waals surface area contributed by atoms with Gasteiger partial charge >= 0.3 is 5.97 Å². The summed E-state index contributed by atoms with van der Waals surface area (Å²) in [6, 6.07) is 9.04. The van der Waals surface area contributed by atoms with E-state index in [4.69, 9.17) is 11.6 Å². The van der Waals surface area contributed by atoms with Crippen molar-refractivity contribution < 1.29 is 18.3 Å². The van der Waals surface area contributed by atoms with Crippen LogP contribution in [0.15, 0.2) is 41.3 Å². The molecule has 0 aromatic heterocycles. The highest BCUT2D eigenvalue weighted by molar-refractivity contribution is 7.92. The van der Waals surface area contributed by atoms with Crippen LogP contribution < -0.4 is 4.72 Å². The predicted molar refractivity (Wildman–Crippen MR) is 92.3 cm³/mol. The van der Waals surface area contributed by atoms with Crippen molar-refractivity contribution in [2.75, 3.05) is 4.72 Å². The Morgan fingerprint density at radius 3 is 2.38 bits per heavy atom. The zero-order chi connectivity index (χ0) is 17.3. The first-order chi connectivity index (χ1) is 11.4. The fraction of sp³-hybridized carbons (Fsp3) is 0.235. The number of carboxylic acids is 1. The van der Waals surface area contributed by atoms with Crippen LogP contribution in [0.25, 0.3) is 0 Å². The van der Waals surface area contributed by atoms with E-state index < -0.39 is 16.0 Å². The van der Waals surface area contributed by atoms with Crippen LogP contribution in [0.2, 0.25) is 5.02 Å². The van der Waals surface area contributed by atoms with Gasteiger partial charge in [0.05, 0.1) is 16.1 Å². The van der Waals surface area contributed by atoms with Crippen LogP contribution in [-0.4, -0.2) is 19.5 Å². The van der Waals surface area contributed by atoms with E-state index in [2.05, 4.69) is 4.72 Å². The molecule has 2 N–H and O–H groups in total. The van der Waals surface area contributed by atoms with Gasteiger partial charge in [-0.25, -0.2) is 13.2 Å².